The fourth-order valence-corrected chi connectivity index (χ4v) is 2.24. The average molecular weight is 314 g/mol. The Bertz CT molecular complexity index is 1070. The van der Waals surface area contributed by atoms with Gasteiger partial charge in [-0.25, -0.2) is 4.98 Å². The predicted octanol–water partition coefficient (Wildman–Crippen LogP) is 1.98. The summed E-state index contributed by atoms with van der Waals surface area (Å²) in [6.45, 7) is 1.96. The molecule has 2 aromatic heterocycles. The number of anilines is 3. The smallest absolute Gasteiger partial charge is 0.179 e. The zero-order valence-electron chi connectivity index (χ0n) is 12.6. The van der Waals surface area contributed by atoms with Gasteiger partial charge in [0.1, 0.15) is 35.2 Å². The molecule has 3 rings (SSSR count). The standard InChI is InChI=1S/C16H10N8/c1-9-2-4-10(5-3-9)21-15-12(7-18)16-22-14(20)11(6-17)13(8-19)24(16)23-15/h2-5H,1H3,(H2,20,22)(H,21,23). The van der Waals surface area contributed by atoms with E-state index >= 15 is 0 Å². The van der Waals surface area contributed by atoms with Gasteiger partial charge in [0.15, 0.2) is 17.2 Å². The van der Waals surface area contributed by atoms with Crippen molar-refractivity contribution in [1.82, 2.24) is 14.6 Å². The lowest BCUT2D eigenvalue weighted by Gasteiger charge is -2.03. The molecule has 8 heteroatoms. The lowest BCUT2D eigenvalue weighted by molar-refractivity contribution is 0.921. The van der Waals surface area contributed by atoms with Crippen molar-refractivity contribution in [3.05, 3.63) is 46.6 Å². The Morgan fingerprint density at radius 1 is 1.04 bits per heavy atom. The number of nitrogens with one attached hydrogen (secondary N) is 1. The average Bonchev–Trinajstić information content (AvgIpc) is 2.92. The molecular formula is C16H10N8. The third kappa shape index (κ3) is 2.23. The van der Waals surface area contributed by atoms with Crippen molar-refractivity contribution in [2.24, 2.45) is 0 Å². The van der Waals surface area contributed by atoms with Crippen molar-refractivity contribution >= 4 is 23.0 Å². The molecule has 0 saturated heterocycles. The Labute approximate surface area is 137 Å². The monoisotopic (exact) mass is 314 g/mol. The highest BCUT2D eigenvalue weighted by molar-refractivity contribution is 5.75. The van der Waals surface area contributed by atoms with Gasteiger partial charge >= 0.3 is 0 Å². The lowest BCUT2D eigenvalue weighted by atomic mass is 10.2. The number of aromatic nitrogens is 3. The minimum atomic E-state index is -0.111. The molecule has 0 aliphatic heterocycles. The number of hydrogen-bond donors (Lipinski definition) is 2. The van der Waals surface area contributed by atoms with E-state index in [1.165, 1.54) is 0 Å². The Balaban J connectivity index is 2.23. The van der Waals surface area contributed by atoms with E-state index in [4.69, 9.17) is 11.0 Å². The third-order valence-electron chi connectivity index (χ3n) is 3.44. The molecule has 0 bridgehead atoms. The van der Waals surface area contributed by atoms with E-state index in [1.54, 1.807) is 0 Å². The van der Waals surface area contributed by atoms with Crippen molar-refractivity contribution in [3.8, 4) is 18.2 Å². The van der Waals surface area contributed by atoms with Crippen LogP contribution >= 0.6 is 0 Å². The van der Waals surface area contributed by atoms with Crippen LogP contribution in [0.1, 0.15) is 22.4 Å². The summed E-state index contributed by atoms with van der Waals surface area (Å²) < 4.78 is 1.16. The molecular weight excluding hydrogens is 304 g/mol. The summed E-state index contributed by atoms with van der Waals surface area (Å²) in [5.74, 6) is 0.125. The number of nitriles is 3. The normalized spacial score (nSPS) is 9.92. The van der Waals surface area contributed by atoms with Crippen molar-refractivity contribution in [2.75, 3.05) is 11.1 Å². The van der Waals surface area contributed by atoms with Crippen LogP contribution in [0.5, 0.6) is 0 Å². The maximum Gasteiger partial charge on any atom is 0.179 e. The molecule has 0 fully saturated rings. The number of hydrogen-bond acceptors (Lipinski definition) is 7. The predicted molar refractivity (Wildman–Crippen MR) is 86.0 cm³/mol. The molecule has 0 unspecified atom stereocenters. The lowest BCUT2D eigenvalue weighted by Crippen LogP contribution is -2.06. The molecule has 0 aliphatic rings. The van der Waals surface area contributed by atoms with E-state index in [9.17, 15) is 10.5 Å². The fraction of sp³-hybridized carbons (Fsp3) is 0.0625. The molecule has 24 heavy (non-hydrogen) atoms. The minimum Gasteiger partial charge on any atom is -0.382 e. The van der Waals surface area contributed by atoms with Gasteiger partial charge in [-0.15, -0.1) is 5.10 Å². The molecule has 0 aliphatic carbocycles. The van der Waals surface area contributed by atoms with Gasteiger partial charge in [0, 0.05) is 5.69 Å². The van der Waals surface area contributed by atoms with Gasteiger partial charge < -0.3 is 11.1 Å². The fourth-order valence-electron chi connectivity index (χ4n) is 2.24. The van der Waals surface area contributed by atoms with Crippen LogP contribution < -0.4 is 11.1 Å². The van der Waals surface area contributed by atoms with E-state index in [2.05, 4.69) is 15.4 Å². The number of benzene rings is 1. The van der Waals surface area contributed by atoms with Crippen LogP contribution in [-0.2, 0) is 0 Å². The topological polar surface area (TPSA) is 140 Å². The summed E-state index contributed by atoms with van der Waals surface area (Å²) in [5, 5.41) is 35.1. The highest BCUT2D eigenvalue weighted by atomic mass is 15.3. The Kier molecular flexibility index (Phi) is 3.46. The molecule has 0 amide bonds. The van der Waals surface area contributed by atoms with E-state index in [1.807, 2.05) is 49.4 Å². The maximum atomic E-state index is 9.44. The molecule has 114 valence electrons. The molecule has 3 N–H and O–H groups in total. The summed E-state index contributed by atoms with van der Waals surface area (Å²) in [6, 6.07) is 13.2. The SMILES string of the molecule is Cc1ccc(Nc2nn3c(C#N)c(C#N)c(N)nc3c2C#N)cc1. The zero-order chi connectivity index (χ0) is 17.3. The Morgan fingerprint density at radius 2 is 1.71 bits per heavy atom. The molecule has 0 radical (unpaired) electrons. The highest BCUT2D eigenvalue weighted by Crippen LogP contribution is 2.26. The van der Waals surface area contributed by atoms with Crippen LogP contribution in [0.3, 0.4) is 0 Å². The molecule has 1 aromatic carbocycles. The van der Waals surface area contributed by atoms with Gasteiger partial charge in [-0.2, -0.15) is 20.3 Å². The summed E-state index contributed by atoms with van der Waals surface area (Å²) >= 11 is 0. The number of fused-ring (bicyclic) bond motifs is 1. The van der Waals surface area contributed by atoms with Crippen LogP contribution in [0.2, 0.25) is 0 Å². The van der Waals surface area contributed by atoms with Crippen molar-refractivity contribution in [1.29, 1.82) is 15.8 Å². The van der Waals surface area contributed by atoms with E-state index < -0.39 is 0 Å². The minimum absolute atomic E-state index is 0.0616. The van der Waals surface area contributed by atoms with Crippen LogP contribution in [0, 0.1) is 40.9 Å². The molecule has 0 spiro atoms. The first-order valence-corrected chi connectivity index (χ1v) is 6.85. The van der Waals surface area contributed by atoms with E-state index in [0.717, 1.165) is 15.8 Å². The molecule has 3 aromatic rings. The number of nitrogens with two attached hydrogens (primary N) is 1. The quantitative estimate of drug-likeness (QED) is 0.736. The summed E-state index contributed by atoms with van der Waals surface area (Å²) in [6.07, 6.45) is 0. The van der Waals surface area contributed by atoms with Gasteiger partial charge in [-0.1, -0.05) is 17.7 Å². The number of nitrogen functional groups attached to an aromatic ring is 1. The van der Waals surface area contributed by atoms with E-state index in [0.29, 0.717) is 0 Å². The third-order valence-corrected chi connectivity index (χ3v) is 3.44. The Hall–Kier alpha value is -4.09. The number of aryl methyl sites for hydroxylation is 1. The molecule has 2 heterocycles. The van der Waals surface area contributed by atoms with Crippen LogP contribution in [0.4, 0.5) is 17.3 Å². The first kappa shape index (κ1) is 14.8. The second kappa shape index (κ2) is 5.60. The van der Waals surface area contributed by atoms with Gasteiger partial charge in [0.05, 0.1) is 0 Å². The molecule has 8 nitrogen and oxygen atoms in total. The summed E-state index contributed by atoms with van der Waals surface area (Å²) in [7, 11) is 0. The highest BCUT2D eigenvalue weighted by Gasteiger charge is 2.21. The van der Waals surface area contributed by atoms with Gasteiger partial charge in [0.2, 0.25) is 0 Å². The van der Waals surface area contributed by atoms with E-state index in [-0.39, 0.29) is 34.1 Å². The molecule has 0 saturated carbocycles. The van der Waals surface area contributed by atoms with Gasteiger partial charge in [-0.05, 0) is 19.1 Å². The Morgan fingerprint density at radius 3 is 2.29 bits per heavy atom. The number of nitrogens with zero attached hydrogens (tertiary/aromatic N) is 6. The van der Waals surface area contributed by atoms with Crippen LogP contribution in [-0.4, -0.2) is 14.6 Å². The first-order chi connectivity index (χ1) is 11.6. The first-order valence-electron chi connectivity index (χ1n) is 6.85. The van der Waals surface area contributed by atoms with Gasteiger partial charge in [-0.3, -0.25) is 0 Å². The second-order valence-electron chi connectivity index (χ2n) is 5.01. The maximum absolute atomic E-state index is 9.44. The second-order valence-corrected chi connectivity index (χ2v) is 5.01. The van der Waals surface area contributed by atoms with Crippen LogP contribution in [0.15, 0.2) is 24.3 Å². The van der Waals surface area contributed by atoms with Crippen LogP contribution in [0.25, 0.3) is 5.65 Å². The van der Waals surface area contributed by atoms with Crippen molar-refractivity contribution in [2.45, 2.75) is 6.92 Å². The summed E-state index contributed by atoms with van der Waals surface area (Å²) in [4.78, 5) is 4.04. The summed E-state index contributed by atoms with van der Waals surface area (Å²) in [5.41, 5.74) is 7.68. The van der Waals surface area contributed by atoms with Crippen molar-refractivity contribution in [3.63, 3.8) is 0 Å². The zero-order valence-corrected chi connectivity index (χ0v) is 12.6. The van der Waals surface area contributed by atoms with Crippen molar-refractivity contribution < 1.29 is 0 Å². The number of rotatable bonds is 2. The largest absolute Gasteiger partial charge is 0.382 e. The van der Waals surface area contributed by atoms with Gasteiger partial charge in [0.25, 0.3) is 0 Å². The molecule has 0 atom stereocenters.